The lowest BCUT2D eigenvalue weighted by Crippen LogP contribution is -2.53. The van der Waals surface area contributed by atoms with Gasteiger partial charge in [-0.25, -0.2) is 14.3 Å². The van der Waals surface area contributed by atoms with Gasteiger partial charge in [-0.2, -0.15) is 0 Å². The van der Waals surface area contributed by atoms with E-state index in [0.717, 1.165) is 12.3 Å². The zero-order valence-electron chi connectivity index (χ0n) is 8.90. The number of carbonyl (C=O) groups is 1. The normalized spacial score (nSPS) is 27.5. The minimum Gasteiger partial charge on any atom is -0.477 e. The predicted octanol–water partition coefficient (Wildman–Crippen LogP) is 1.59. The van der Waals surface area contributed by atoms with E-state index < -0.39 is 12.0 Å². The average Bonchev–Trinajstić information content (AvgIpc) is 2.43. The number of aliphatic imine (C=N–C) groups is 1. The van der Waals surface area contributed by atoms with Crippen LogP contribution in [0.3, 0.4) is 0 Å². The van der Waals surface area contributed by atoms with Crippen molar-refractivity contribution in [2.45, 2.75) is 32.7 Å². The van der Waals surface area contributed by atoms with Crippen LogP contribution in [0.15, 0.2) is 17.4 Å². The van der Waals surface area contributed by atoms with Crippen molar-refractivity contribution in [2.75, 3.05) is 7.05 Å². The lowest BCUT2D eigenvalue weighted by Gasteiger charge is -2.32. The van der Waals surface area contributed by atoms with Crippen LogP contribution in [0.25, 0.3) is 0 Å². The summed E-state index contributed by atoms with van der Waals surface area (Å²) in [5.41, 5.74) is 0. The van der Waals surface area contributed by atoms with E-state index in [1.54, 1.807) is 6.20 Å². The molecule has 1 aliphatic rings. The molecule has 0 aliphatic carbocycles. The summed E-state index contributed by atoms with van der Waals surface area (Å²) in [7, 11) is 1.89. The third-order valence-electron chi connectivity index (χ3n) is 2.83. The molecular formula is C10H17N2O2+. The Morgan fingerprint density at radius 1 is 1.71 bits per heavy atom. The summed E-state index contributed by atoms with van der Waals surface area (Å²) < 4.78 is 0.309. The van der Waals surface area contributed by atoms with Crippen LogP contribution in [0.1, 0.15) is 26.7 Å². The van der Waals surface area contributed by atoms with Crippen LogP contribution in [0.4, 0.5) is 0 Å². The lowest BCUT2D eigenvalue weighted by molar-refractivity contribution is -0.784. The summed E-state index contributed by atoms with van der Waals surface area (Å²) in [4.78, 5) is 15.2. The molecule has 0 fully saturated rings. The quantitative estimate of drug-likeness (QED) is 0.696. The standard InChI is InChI=1S/C10H16N2O2/c1-4-5-9(10(13)14)12(3)7-6-11-8(12)2/h6-7,9H,4-5H2,1-3H3/p+1. The Hall–Kier alpha value is -1.16. The van der Waals surface area contributed by atoms with Gasteiger partial charge >= 0.3 is 5.97 Å². The smallest absolute Gasteiger partial charge is 0.363 e. The van der Waals surface area contributed by atoms with Crippen molar-refractivity contribution < 1.29 is 14.4 Å². The topological polar surface area (TPSA) is 49.7 Å². The molecule has 1 rings (SSSR count). The SMILES string of the molecule is CCCC(C(=O)O)[N+]1(C)C=CN=C1C. The first-order valence-corrected chi connectivity index (χ1v) is 4.83. The average molecular weight is 197 g/mol. The molecular weight excluding hydrogens is 180 g/mol. The van der Waals surface area contributed by atoms with Crippen LogP contribution in [0.2, 0.25) is 0 Å². The van der Waals surface area contributed by atoms with Gasteiger partial charge in [-0.1, -0.05) is 6.92 Å². The van der Waals surface area contributed by atoms with Crippen molar-refractivity contribution in [2.24, 2.45) is 4.99 Å². The highest BCUT2D eigenvalue weighted by Crippen LogP contribution is 2.22. The van der Waals surface area contributed by atoms with E-state index in [-0.39, 0.29) is 0 Å². The Bertz CT molecular complexity index is 296. The molecule has 0 saturated carbocycles. The minimum absolute atomic E-state index is 0.309. The molecule has 1 heterocycles. The van der Waals surface area contributed by atoms with E-state index in [4.69, 9.17) is 5.11 Å². The number of hydrogen-bond donors (Lipinski definition) is 1. The fourth-order valence-corrected chi connectivity index (χ4v) is 1.74. The summed E-state index contributed by atoms with van der Waals surface area (Å²) >= 11 is 0. The van der Waals surface area contributed by atoms with Crippen LogP contribution in [-0.2, 0) is 4.79 Å². The number of rotatable bonds is 4. The number of aliphatic carboxylic acids is 1. The molecule has 78 valence electrons. The van der Waals surface area contributed by atoms with Crippen molar-refractivity contribution in [3.63, 3.8) is 0 Å². The fourth-order valence-electron chi connectivity index (χ4n) is 1.74. The number of quaternary nitrogens is 1. The summed E-state index contributed by atoms with van der Waals surface area (Å²) in [5, 5.41) is 9.14. The lowest BCUT2D eigenvalue weighted by atomic mass is 10.1. The van der Waals surface area contributed by atoms with E-state index in [2.05, 4.69) is 4.99 Å². The molecule has 1 aliphatic heterocycles. The van der Waals surface area contributed by atoms with Crippen LogP contribution < -0.4 is 0 Å². The highest BCUT2D eigenvalue weighted by atomic mass is 16.4. The van der Waals surface area contributed by atoms with Crippen molar-refractivity contribution >= 4 is 11.8 Å². The van der Waals surface area contributed by atoms with E-state index in [9.17, 15) is 4.79 Å². The first kappa shape index (κ1) is 10.9. The maximum Gasteiger partial charge on any atom is 0.363 e. The molecule has 0 aromatic carbocycles. The van der Waals surface area contributed by atoms with Crippen molar-refractivity contribution in [3.05, 3.63) is 12.4 Å². The second-order valence-corrected chi connectivity index (χ2v) is 3.76. The van der Waals surface area contributed by atoms with E-state index in [1.165, 1.54) is 0 Å². The minimum atomic E-state index is -0.754. The first-order valence-electron chi connectivity index (χ1n) is 4.83. The zero-order valence-corrected chi connectivity index (χ0v) is 8.90. The van der Waals surface area contributed by atoms with Gasteiger partial charge in [0.05, 0.1) is 13.2 Å². The van der Waals surface area contributed by atoms with Crippen LogP contribution in [0.5, 0.6) is 0 Å². The number of carboxylic acids is 1. The van der Waals surface area contributed by atoms with Gasteiger partial charge in [-0.05, 0) is 6.42 Å². The van der Waals surface area contributed by atoms with Gasteiger partial charge in [0.1, 0.15) is 6.20 Å². The molecule has 0 aromatic rings. The van der Waals surface area contributed by atoms with Crippen molar-refractivity contribution in [1.29, 1.82) is 0 Å². The Morgan fingerprint density at radius 2 is 2.36 bits per heavy atom. The molecule has 0 amide bonds. The van der Waals surface area contributed by atoms with Gasteiger partial charge in [0.25, 0.3) is 0 Å². The second-order valence-electron chi connectivity index (χ2n) is 3.76. The summed E-state index contributed by atoms with van der Waals surface area (Å²) in [6.07, 6.45) is 5.06. The first-order chi connectivity index (χ1) is 6.52. The number of carboxylic acid groups (broad SMARTS) is 1. The summed E-state index contributed by atoms with van der Waals surface area (Å²) in [5.74, 6) is 0.0845. The number of nitrogens with zero attached hydrogens (tertiary/aromatic N) is 2. The Morgan fingerprint density at radius 3 is 2.71 bits per heavy atom. The Kier molecular flexibility index (Phi) is 3.06. The predicted molar refractivity (Wildman–Crippen MR) is 54.8 cm³/mol. The van der Waals surface area contributed by atoms with Gasteiger partial charge < -0.3 is 5.11 Å². The molecule has 0 aromatic heterocycles. The fraction of sp³-hybridized carbons (Fsp3) is 0.600. The highest BCUT2D eigenvalue weighted by Gasteiger charge is 2.40. The summed E-state index contributed by atoms with van der Waals surface area (Å²) in [6.45, 7) is 3.86. The van der Waals surface area contributed by atoms with Gasteiger partial charge in [0.15, 0.2) is 6.04 Å². The van der Waals surface area contributed by atoms with Crippen LogP contribution in [-0.4, -0.2) is 34.5 Å². The largest absolute Gasteiger partial charge is 0.477 e. The van der Waals surface area contributed by atoms with Gasteiger partial charge in [-0.15, -0.1) is 0 Å². The molecule has 4 heteroatoms. The molecule has 0 saturated heterocycles. The third-order valence-corrected chi connectivity index (χ3v) is 2.83. The maximum atomic E-state index is 11.1. The monoisotopic (exact) mass is 197 g/mol. The molecule has 1 N–H and O–H groups in total. The van der Waals surface area contributed by atoms with Crippen LogP contribution >= 0.6 is 0 Å². The third kappa shape index (κ3) is 1.70. The highest BCUT2D eigenvalue weighted by molar-refractivity contribution is 5.80. The maximum absolute atomic E-state index is 11.1. The molecule has 14 heavy (non-hydrogen) atoms. The van der Waals surface area contributed by atoms with Gasteiger partial charge in [-0.3, -0.25) is 0 Å². The van der Waals surface area contributed by atoms with E-state index in [0.29, 0.717) is 10.9 Å². The number of likely N-dealkylation sites (N-methyl/N-ethyl adjacent to an activating group) is 1. The Balaban J connectivity index is 2.93. The number of hydrogen-bond acceptors (Lipinski definition) is 2. The zero-order chi connectivity index (χ0) is 10.8. The van der Waals surface area contributed by atoms with Gasteiger partial charge in [0.2, 0.25) is 5.84 Å². The Labute approximate surface area is 84.1 Å². The van der Waals surface area contributed by atoms with Crippen molar-refractivity contribution in [1.82, 2.24) is 0 Å². The van der Waals surface area contributed by atoms with Crippen LogP contribution in [0, 0.1) is 0 Å². The molecule has 4 nitrogen and oxygen atoms in total. The van der Waals surface area contributed by atoms with Crippen molar-refractivity contribution in [3.8, 4) is 0 Å². The molecule has 2 atom stereocenters. The molecule has 0 spiro atoms. The second kappa shape index (κ2) is 3.92. The molecule has 0 radical (unpaired) electrons. The van der Waals surface area contributed by atoms with E-state index >= 15 is 0 Å². The summed E-state index contributed by atoms with van der Waals surface area (Å²) in [6, 6.07) is -0.414. The van der Waals surface area contributed by atoms with E-state index in [1.807, 2.05) is 27.1 Å². The molecule has 0 bridgehead atoms. The van der Waals surface area contributed by atoms with Gasteiger partial charge in [0, 0.05) is 13.3 Å². The molecule has 2 unspecified atom stereocenters. The number of amidine groups is 1.